The van der Waals surface area contributed by atoms with Crippen molar-refractivity contribution in [2.75, 3.05) is 13.2 Å². The molecular weight excluding hydrogens is 829 g/mol. The van der Waals surface area contributed by atoms with Gasteiger partial charge in [-0.25, -0.2) is 0 Å². The molecule has 1 unspecified atom stereocenters. The lowest BCUT2D eigenvalue weighted by Crippen LogP contribution is -2.30. The number of carbonyl (C=O) groups is 3. The molecule has 0 fully saturated rings. The number of unbranched alkanes of at least 4 members (excludes halogenated alkanes) is 25. The molecule has 0 amide bonds. The lowest BCUT2D eigenvalue weighted by molar-refractivity contribution is -0.167. The molecule has 0 radical (unpaired) electrons. The Balaban J connectivity index is 4.28. The lowest BCUT2D eigenvalue weighted by Gasteiger charge is -2.18. The number of ether oxygens (including phenoxy) is 3. The molecule has 6 heteroatoms. The molecule has 0 rings (SSSR count). The third kappa shape index (κ3) is 53.4. The monoisotopic (exact) mass is 933 g/mol. The Hall–Kier alpha value is -3.41. The highest BCUT2D eigenvalue weighted by atomic mass is 16.6. The van der Waals surface area contributed by atoms with Crippen molar-refractivity contribution in [2.45, 2.75) is 271 Å². The van der Waals surface area contributed by atoms with Crippen molar-refractivity contribution in [2.24, 2.45) is 0 Å². The van der Waals surface area contributed by atoms with E-state index in [9.17, 15) is 14.4 Å². The summed E-state index contributed by atoms with van der Waals surface area (Å²) >= 11 is 0. The van der Waals surface area contributed by atoms with Crippen molar-refractivity contribution in [3.8, 4) is 0 Å². The van der Waals surface area contributed by atoms with Crippen LogP contribution in [-0.4, -0.2) is 37.2 Å². The fourth-order valence-corrected chi connectivity index (χ4v) is 7.68. The van der Waals surface area contributed by atoms with Gasteiger partial charge in [0.15, 0.2) is 6.10 Å². The van der Waals surface area contributed by atoms with E-state index in [-0.39, 0.29) is 31.1 Å². The molecule has 0 aromatic rings. The van der Waals surface area contributed by atoms with Crippen molar-refractivity contribution in [3.63, 3.8) is 0 Å². The van der Waals surface area contributed by atoms with E-state index in [0.29, 0.717) is 19.3 Å². The maximum Gasteiger partial charge on any atom is 0.306 e. The second-order valence-electron chi connectivity index (χ2n) is 18.5. The van der Waals surface area contributed by atoms with Crippen LogP contribution in [0.15, 0.2) is 85.1 Å². The Morgan fingerprint density at radius 3 is 0.970 bits per heavy atom. The normalized spacial score (nSPS) is 12.7. The highest BCUT2D eigenvalue weighted by molar-refractivity contribution is 5.71. The Labute approximate surface area is 414 Å². The van der Waals surface area contributed by atoms with E-state index in [4.69, 9.17) is 14.2 Å². The summed E-state index contributed by atoms with van der Waals surface area (Å²) < 4.78 is 16.8. The summed E-state index contributed by atoms with van der Waals surface area (Å²) in [6.45, 7) is 6.44. The molecule has 6 nitrogen and oxygen atoms in total. The van der Waals surface area contributed by atoms with Gasteiger partial charge in [0.2, 0.25) is 0 Å². The molecule has 0 saturated carbocycles. The molecule has 0 aromatic carbocycles. The number of allylic oxidation sites excluding steroid dienone is 14. The molecule has 0 spiro atoms. The van der Waals surface area contributed by atoms with Gasteiger partial charge in [-0.1, -0.05) is 241 Å². The fraction of sp³-hybridized carbons (Fsp3) is 0.721. The Morgan fingerprint density at radius 2 is 0.612 bits per heavy atom. The third-order valence-corrected chi connectivity index (χ3v) is 11.9. The molecule has 0 heterocycles. The minimum atomic E-state index is -0.784. The molecular formula is C61H104O6. The smallest absolute Gasteiger partial charge is 0.306 e. The van der Waals surface area contributed by atoms with Crippen LogP contribution in [0.25, 0.3) is 0 Å². The van der Waals surface area contributed by atoms with Crippen molar-refractivity contribution < 1.29 is 28.6 Å². The molecule has 0 aliphatic heterocycles. The zero-order valence-electron chi connectivity index (χ0n) is 43.9. The van der Waals surface area contributed by atoms with Gasteiger partial charge in [0.1, 0.15) is 13.2 Å². The van der Waals surface area contributed by atoms with E-state index in [1.165, 1.54) is 96.3 Å². The molecule has 0 aliphatic rings. The van der Waals surface area contributed by atoms with E-state index in [1.807, 2.05) is 0 Å². The van der Waals surface area contributed by atoms with Crippen LogP contribution in [0.3, 0.4) is 0 Å². The molecule has 67 heavy (non-hydrogen) atoms. The zero-order valence-corrected chi connectivity index (χ0v) is 43.9. The molecule has 0 bridgehead atoms. The lowest BCUT2D eigenvalue weighted by atomic mass is 10.1. The average Bonchev–Trinajstić information content (AvgIpc) is 3.33. The molecule has 0 aromatic heterocycles. The maximum atomic E-state index is 12.8. The van der Waals surface area contributed by atoms with Gasteiger partial charge < -0.3 is 14.2 Å². The van der Waals surface area contributed by atoms with Gasteiger partial charge in [-0.3, -0.25) is 14.4 Å². The van der Waals surface area contributed by atoms with Gasteiger partial charge in [0.25, 0.3) is 0 Å². The Morgan fingerprint density at radius 1 is 0.313 bits per heavy atom. The van der Waals surface area contributed by atoms with E-state index < -0.39 is 6.10 Å². The first-order valence-electron chi connectivity index (χ1n) is 28.1. The van der Waals surface area contributed by atoms with E-state index in [2.05, 4.69) is 106 Å². The van der Waals surface area contributed by atoms with Gasteiger partial charge in [-0.2, -0.15) is 0 Å². The second-order valence-corrected chi connectivity index (χ2v) is 18.5. The number of esters is 3. The first-order valence-corrected chi connectivity index (χ1v) is 28.1. The van der Waals surface area contributed by atoms with Gasteiger partial charge >= 0.3 is 17.9 Å². The summed E-state index contributed by atoms with van der Waals surface area (Å²) in [7, 11) is 0. The maximum absolute atomic E-state index is 12.8. The first kappa shape index (κ1) is 63.6. The Kier molecular flexibility index (Phi) is 52.4. The molecule has 384 valence electrons. The highest BCUT2D eigenvalue weighted by Crippen LogP contribution is 2.15. The zero-order chi connectivity index (χ0) is 48.6. The fourth-order valence-electron chi connectivity index (χ4n) is 7.68. The summed E-state index contributed by atoms with van der Waals surface area (Å²) in [5.41, 5.74) is 0. The van der Waals surface area contributed by atoms with Crippen LogP contribution in [0.1, 0.15) is 265 Å². The average molecular weight is 933 g/mol. The summed E-state index contributed by atoms with van der Waals surface area (Å²) in [5, 5.41) is 0. The molecule has 1 atom stereocenters. The minimum Gasteiger partial charge on any atom is -0.462 e. The molecule has 0 saturated heterocycles. The van der Waals surface area contributed by atoms with Gasteiger partial charge in [0.05, 0.1) is 0 Å². The molecule has 0 N–H and O–H groups in total. The van der Waals surface area contributed by atoms with Crippen LogP contribution in [0.5, 0.6) is 0 Å². The Bertz CT molecular complexity index is 1300. The number of hydrogen-bond donors (Lipinski definition) is 0. The summed E-state index contributed by atoms with van der Waals surface area (Å²) in [4.78, 5) is 38.0. The predicted molar refractivity (Wildman–Crippen MR) is 288 cm³/mol. The van der Waals surface area contributed by atoms with Crippen molar-refractivity contribution in [3.05, 3.63) is 85.1 Å². The predicted octanol–water partition coefficient (Wildman–Crippen LogP) is 18.8. The van der Waals surface area contributed by atoms with Gasteiger partial charge in [-0.15, -0.1) is 0 Å². The van der Waals surface area contributed by atoms with Crippen LogP contribution in [0.2, 0.25) is 0 Å². The summed E-state index contributed by atoms with van der Waals surface area (Å²) in [5.74, 6) is -0.900. The number of rotatable bonds is 50. The van der Waals surface area contributed by atoms with Gasteiger partial charge in [-0.05, 0) is 89.9 Å². The largest absolute Gasteiger partial charge is 0.462 e. The van der Waals surface area contributed by atoms with E-state index in [0.717, 1.165) is 128 Å². The number of carbonyl (C=O) groups excluding carboxylic acids is 3. The second kappa shape index (κ2) is 55.2. The third-order valence-electron chi connectivity index (χ3n) is 11.9. The van der Waals surface area contributed by atoms with Crippen LogP contribution < -0.4 is 0 Å². The summed E-state index contributed by atoms with van der Waals surface area (Å²) in [6, 6.07) is 0. The van der Waals surface area contributed by atoms with E-state index >= 15 is 0 Å². The number of hydrogen-bond acceptors (Lipinski definition) is 6. The van der Waals surface area contributed by atoms with E-state index in [1.54, 1.807) is 0 Å². The van der Waals surface area contributed by atoms with Crippen LogP contribution in [-0.2, 0) is 28.6 Å². The SMILES string of the molecule is CC/C=C\C/C=C\C/C=C\C/C=C\C/C=C\CCCCCCCCCCCC(=O)OCC(COC(=O)CCCCCCCCCCCCC)OC(=O)CCCCCCC/C=C\C/C=C\CCC. The van der Waals surface area contributed by atoms with Crippen molar-refractivity contribution in [1.29, 1.82) is 0 Å². The standard InChI is InChI=1S/C61H104O6/c1-4-7-10-13-16-19-22-24-25-26-27-28-29-30-31-32-33-34-35-37-39-42-45-48-51-54-60(63)66-57-58(56-65-59(62)53-50-47-44-41-38-21-18-15-12-9-6-3)67-61(64)55-52-49-46-43-40-36-23-20-17-14-11-8-5-2/h7,10-11,14,16,19-20,23-25,27-28,30-31,58H,4-6,8-9,12-13,15,17-18,21-22,26,29,32-57H2,1-3H3/b10-7-,14-11-,19-16-,23-20-,25-24-,28-27-,31-30-. The van der Waals surface area contributed by atoms with Crippen LogP contribution in [0, 0.1) is 0 Å². The van der Waals surface area contributed by atoms with Crippen LogP contribution >= 0.6 is 0 Å². The van der Waals surface area contributed by atoms with Crippen molar-refractivity contribution in [1.82, 2.24) is 0 Å². The topological polar surface area (TPSA) is 78.9 Å². The quantitative estimate of drug-likeness (QED) is 0.0262. The minimum absolute atomic E-state index is 0.0822. The first-order chi connectivity index (χ1) is 33.0. The highest BCUT2D eigenvalue weighted by Gasteiger charge is 2.19. The summed E-state index contributed by atoms with van der Waals surface area (Å²) in [6.07, 6.45) is 71.5. The molecule has 0 aliphatic carbocycles. The van der Waals surface area contributed by atoms with Gasteiger partial charge in [0, 0.05) is 19.3 Å². The van der Waals surface area contributed by atoms with Crippen molar-refractivity contribution >= 4 is 17.9 Å². The van der Waals surface area contributed by atoms with Crippen LogP contribution in [0.4, 0.5) is 0 Å².